The second kappa shape index (κ2) is 12.4. The second-order valence-electron chi connectivity index (χ2n) is 8.19. The van der Waals surface area contributed by atoms with Crippen LogP contribution in [0.3, 0.4) is 0 Å². The number of carbonyl (C=O) groups excluding carboxylic acids is 3. The summed E-state index contributed by atoms with van der Waals surface area (Å²) in [5.41, 5.74) is 2.34. The van der Waals surface area contributed by atoms with Crippen molar-refractivity contribution in [2.45, 2.75) is 39.2 Å². The number of terminal acetylenes is 1. The maximum Gasteiger partial charge on any atom is 0.341 e. The van der Waals surface area contributed by atoms with Crippen molar-refractivity contribution in [3.05, 3.63) is 39.0 Å². The molecule has 1 N–H and O–H groups in total. The predicted molar refractivity (Wildman–Crippen MR) is 149 cm³/mol. The number of thioether (sulfide) groups is 1. The molecular formula is C26H27N3O5S3. The Morgan fingerprint density at radius 2 is 2.03 bits per heavy atom. The number of rotatable bonds is 9. The first-order valence-corrected chi connectivity index (χ1v) is 14.6. The number of nitrogens with one attached hydrogen (secondary N) is 1. The fraction of sp³-hybridized carbons (Fsp3) is 0.385. The molecule has 0 fully saturated rings. The average Bonchev–Trinajstić information content (AvgIpc) is 3.41. The molecule has 0 bridgehead atoms. The number of nitrogens with zero attached hydrogens (tertiary/aromatic N) is 2. The third kappa shape index (κ3) is 6.26. The van der Waals surface area contributed by atoms with E-state index in [1.807, 2.05) is 22.8 Å². The molecule has 0 saturated heterocycles. The van der Waals surface area contributed by atoms with E-state index in [0.29, 0.717) is 21.1 Å². The predicted octanol–water partition coefficient (Wildman–Crippen LogP) is 4.26. The van der Waals surface area contributed by atoms with Crippen LogP contribution in [-0.2, 0) is 33.7 Å². The molecular weight excluding hydrogens is 531 g/mol. The van der Waals surface area contributed by atoms with E-state index in [2.05, 4.69) is 16.2 Å². The first-order valence-electron chi connectivity index (χ1n) is 11.8. The SMILES string of the molecule is C#CCn1c(=NC(=O)CSCC(=O)Nc2sc3c(c2C(=O)OCC)CCCC3)sc2cc(OC)ccc21. The van der Waals surface area contributed by atoms with Gasteiger partial charge in [-0.05, 0) is 56.4 Å². The molecule has 2 heterocycles. The number of hydrogen-bond donors (Lipinski definition) is 1. The van der Waals surface area contributed by atoms with Gasteiger partial charge in [0.25, 0.3) is 5.91 Å². The maximum atomic E-state index is 12.7. The number of anilines is 1. The average molecular weight is 558 g/mol. The summed E-state index contributed by atoms with van der Waals surface area (Å²) in [6, 6.07) is 5.60. The largest absolute Gasteiger partial charge is 0.497 e. The van der Waals surface area contributed by atoms with Crippen LogP contribution in [0.4, 0.5) is 5.00 Å². The molecule has 1 aliphatic carbocycles. The van der Waals surface area contributed by atoms with Crippen LogP contribution in [0.2, 0.25) is 0 Å². The summed E-state index contributed by atoms with van der Waals surface area (Å²) < 4.78 is 13.2. The molecule has 4 rings (SSSR count). The molecule has 8 nitrogen and oxygen atoms in total. The number of aryl methyl sites for hydroxylation is 1. The molecule has 2 amide bonds. The van der Waals surface area contributed by atoms with Gasteiger partial charge < -0.3 is 19.4 Å². The van der Waals surface area contributed by atoms with Crippen molar-refractivity contribution in [3.8, 4) is 18.1 Å². The third-order valence-corrected chi connectivity index (χ3v) is 8.89. The number of methoxy groups -OCH3 is 1. The summed E-state index contributed by atoms with van der Waals surface area (Å²) in [5, 5.41) is 3.40. The lowest BCUT2D eigenvalue weighted by molar-refractivity contribution is -0.115. The van der Waals surface area contributed by atoms with Gasteiger partial charge in [0.05, 0.1) is 47.5 Å². The number of fused-ring (bicyclic) bond motifs is 2. The Kier molecular flexibility index (Phi) is 9.08. The van der Waals surface area contributed by atoms with Gasteiger partial charge in [0, 0.05) is 4.88 Å². The van der Waals surface area contributed by atoms with Gasteiger partial charge in [-0.15, -0.1) is 29.5 Å². The normalized spacial score (nSPS) is 13.2. The number of thiazole rings is 1. The Morgan fingerprint density at radius 3 is 2.78 bits per heavy atom. The molecule has 2 aromatic heterocycles. The van der Waals surface area contributed by atoms with Crippen LogP contribution < -0.4 is 14.9 Å². The zero-order valence-electron chi connectivity index (χ0n) is 20.6. The number of thiophene rings is 1. The molecule has 1 aliphatic rings. The number of carbonyl (C=O) groups is 3. The molecule has 0 atom stereocenters. The first kappa shape index (κ1) is 27.0. The van der Waals surface area contributed by atoms with Gasteiger partial charge in [-0.25, -0.2) is 4.79 Å². The molecule has 0 spiro atoms. The lowest BCUT2D eigenvalue weighted by Gasteiger charge is -2.12. The number of benzene rings is 1. The zero-order valence-corrected chi connectivity index (χ0v) is 23.1. The van der Waals surface area contributed by atoms with E-state index in [1.165, 1.54) is 34.4 Å². The minimum Gasteiger partial charge on any atom is -0.497 e. The summed E-state index contributed by atoms with van der Waals surface area (Å²) in [6.45, 7) is 2.31. The van der Waals surface area contributed by atoms with Crippen LogP contribution in [0.5, 0.6) is 5.75 Å². The minimum atomic E-state index is -0.403. The molecule has 1 aromatic carbocycles. The highest BCUT2D eigenvalue weighted by Gasteiger charge is 2.27. The maximum absolute atomic E-state index is 12.7. The van der Waals surface area contributed by atoms with Crippen molar-refractivity contribution in [3.63, 3.8) is 0 Å². The van der Waals surface area contributed by atoms with Crippen LogP contribution in [0.1, 0.15) is 40.6 Å². The molecule has 0 radical (unpaired) electrons. The molecule has 0 saturated carbocycles. The van der Waals surface area contributed by atoms with Crippen molar-refractivity contribution in [2.24, 2.45) is 4.99 Å². The fourth-order valence-corrected chi connectivity index (χ4v) is 7.08. The quantitative estimate of drug-likeness (QED) is 0.312. The zero-order chi connectivity index (χ0) is 26.4. The van der Waals surface area contributed by atoms with Gasteiger partial charge in [-0.2, -0.15) is 4.99 Å². The number of amides is 2. The Balaban J connectivity index is 1.42. The van der Waals surface area contributed by atoms with E-state index in [4.69, 9.17) is 15.9 Å². The Morgan fingerprint density at radius 1 is 1.22 bits per heavy atom. The van der Waals surface area contributed by atoms with Crippen molar-refractivity contribution in [2.75, 3.05) is 30.5 Å². The lowest BCUT2D eigenvalue weighted by atomic mass is 9.95. The smallest absolute Gasteiger partial charge is 0.341 e. The van der Waals surface area contributed by atoms with Crippen LogP contribution in [-0.4, -0.2) is 47.6 Å². The van der Waals surface area contributed by atoms with Gasteiger partial charge in [-0.1, -0.05) is 17.3 Å². The van der Waals surface area contributed by atoms with Gasteiger partial charge in [0.1, 0.15) is 10.8 Å². The number of esters is 1. The molecule has 37 heavy (non-hydrogen) atoms. The van der Waals surface area contributed by atoms with Crippen molar-refractivity contribution >= 4 is 67.4 Å². The Bertz CT molecular complexity index is 1440. The van der Waals surface area contributed by atoms with Gasteiger partial charge in [0.15, 0.2) is 4.80 Å². The standard InChI is InChI=1S/C26H27N3O5S3/c1-4-12-29-18-11-10-16(33-3)13-20(18)37-26(29)28-22(31)15-35-14-21(30)27-24-23(25(32)34-5-2)17-8-6-7-9-19(17)36-24/h1,10-11,13H,5-9,12,14-15H2,2-3H3,(H,27,30). The van der Waals surface area contributed by atoms with Gasteiger partial charge in [-0.3, -0.25) is 9.59 Å². The third-order valence-electron chi connectivity index (χ3n) is 5.72. The summed E-state index contributed by atoms with van der Waals surface area (Å²) in [5.74, 6) is 2.36. The Hall–Kier alpha value is -3.07. The number of hydrogen-bond acceptors (Lipinski definition) is 8. The van der Waals surface area contributed by atoms with E-state index < -0.39 is 5.97 Å². The number of aromatic nitrogens is 1. The summed E-state index contributed by atoms with van der Waals surface area (Å²) in [7, 11) is 1.59. The highest BCUT2D eigenvalue weighted by Crippen LogP contribution is 2.38. The summed E-state index contributed by atoms with van der Waals surface area (Å²) in [4.78, 5) is 43.7. The van der Waals surface area contributed by atoms with Crippen LogP contribution in [0.15, 0.2) is 23.2 Å². The van der Waals surface area contributed by atoms with Crippen LogP contribution >= 0.6 is 34.4 Å². The molecule has 0 aliphatic heterocycles. The van der Waals surface area contributed by atoms with Crippen molar-refractivity contribution < 1.29 is 23.9 Å². The van der Waals surface area contributed by atoms with E-state index in [0.717, 1.165) is 46.3 Å². The monoisotopic (exact) mass is 557 g/mol. The summed E-state index contributed by atoms with van der Waals surface area (Å²) >= 11 is 3.96. The highest BCUT2D eigenvalue weighted by atomic mass is 32.2. The molecule has 3 aromatic rings. The fourth-order valence-electron chi connectivity index (χ4n) is 4.12. The molecule has 0 unspecified atom stereocenters. The van der Waals surface area contributed by atoms with Gasteiger partial charge >= 0.3 is 5.97 Å². The highest BCUT2D eigenvalue weighted by molar-refractivity contribution is 8.00. The van der Waals surface area contributed by atoms with Crippen LogP contribution in [0.25, 0.3) is 10.2 Å². The van der Waals surface area contributed by atoms with Gasteiger partial charge in [0.2, 0.25) is 5.91 Å². The first-order chi connectivity index (χ1) is 17.9. The van der Waals surface area contributed by atoms with Crippen molar-refractivity contribution in [1.82, 2.24) is 4.57 Å². The second-order valence-corrected chi connectivity index (χ2v) is 11.3. The minimum absolute atomic E-state index is 0.0344. The molecule has 11 heteroatoms. The van der Waals surface area contributed by atoms with Crippen molar-refractivity contribution in [1.29, 1.82) is 0 Å². The lowest BCUT2D eigenvalue weighted by Crippen LogP contribution is -2.19. The van der Waals surface area contributed by atoms with E-state index in [-0.39, 0.29) is 36.5 Å². The summed E-state index contributed by atoms with van der Waals surface area (Å²) in [6.07, 6.45) is 9.32. The molecule has 194 valence electrons. The van der Waals surface area contributed by atoms with E-state index in [9.17, 15) is 14.4 Å². The topological polar surface area (TPSA) is 99.0 Å². The number of ether oxygens (including phenoxy) is 2. The Labute approximate surface area is 227 Å². The van der Waals surface area contributed by atoms with E-state index in [1.54, 1.807) is 14.0 Å². The van der Waals surface area contributed by atoms with E-state index >= 15 is 0 Å². The van der Waals surface area contributed by atoms with Crippen LogP contribution in [0, 0.1) is 12.3 Å².